The number of carbonyl (C=O) groups excluding carboxylic acids is 1. The molecule has 3 rings (SSSR count). The molecule has 0 bridgehead atoms. The zero-order chi connectivity index (χ0) is 20.7. The highest BCUT2D eigenvalue weighted by Crippen LogP contribution is 2.24. The quantitative estimate of drug-likeness (QED) is 0.536. The first kappa shape index (κ1) is 21.5. The number of hydrogen-bond donors (Lipinski definition) is 1. The summed E-state index contributed by atoms with van der Waals surface area (Å²) in [5.41, 5.74) is 3.80. The van der Waals surface area contributed by atoms with Crippen molar-refractivity contribution in [3.8, 4) is 0 Å². The molecule has 1 fully saturated rings. The van der Waals surface area contributed by atoms with Crippen molar-refractivity contribution in [2.24, 2.45) is 11.0 Å². The van der Waals surface area contributed by atoms with Crippen LogP contribution in [-0.4, -0.2) is 37.9 Å². The molecule has 0 unspecified atom stereocenters. The van der Waals surface area contributed by atoms with E-state index in [1.165, 1.54) is 22.0 Å². The van der Waals surface area contributed by atoms with Gasteiger partial charge in [0.25, 0.3) is 0 Å². The first-order valence-electron chi connectivity index (χ1n) is 9.58. The van der Waals surface area contributed by atoms with Crippen LogP contribution in [0.5, 0.6) is 0 Å². The van der Waals surface area contributed by atoms with Gasteiger partial charge in [0.1, 0.15) is 0 Å². The van der Waals surface area contributed by atoms with Gasteiger partial charge in [-0.3, -0.25) is 4.79 Å². The van der Waals surface area contributed by atoms with Crippen molar-refractivity contribution in [2.75, 3.05) is 13.1 Å². The second kappa shape index (κ2) is 10.0. The summed E-state index contributed by atoms with van der Waals surface area (Å²) in [7, 11) is -3.57. The smallest absolute Gasteiger partial charge is 0.243 e. The SMILES string of the molecule is O=C(N/N=C\CCc1ccccc1)C1CCN(S(=O)(=O)c2ccc(Cl)cc2)CC1. The highest BCUT2D eigenvalue weighted by atomic mass is 35.5. The molecule has 1 N–H and O–H groups in total. The number of nitrogens with zero attached hydrogens (tertiary/aromatic N) is 2. The van der Waals surface area contributed by atoms with Gasteiger partial charge in [-0.1, -0.05) is 41.9 Å². The van der Waals surface area contributed by atoms with Crippen molar-refractivity contribution >= 4 is 33.7 Å². The number of nitrogens with one attached hydrogen (secondary N) is 1. The summed E-state index contributed by atoms with van der Waals surface area (Å²) in [4.78, 5) is 12.5. The Morgan fingerprint density at radius 3 is 2.41 bits per heavy atom. The first-order chi connectivity index (χ1) is 14.0. The molecule has 8 heteroatoms. The molecule has 0 aromatic heterocycles. The maximum atomic E-state index is 12.7. The highest BCUT2D eigenvalue weighted by Gasteiger charge is 2.32. The Kier molecular flexibility index (Phi) is 7.41. The molecule has 2 aromatic carbocycles. The van der Waals surface area contributed by atoms with Crippen molar-refractivity contribution in [3.63, 3.8) is 0 Å². The topological polar surface area (TPSA) is 78.8 Å². The average molecular weight is 434 g/mol. The van der Waals surface area contributed by atoms with Crippen molar-refractivity contribution < 1.29 is 13.2 Å². The van der Waals surface area contributed by atoms with E-state index in [-0.39, 0.29) is 16.7 Å². The molecule has 1 heterocycles. The molecule has 29 heavy (non-hydrogen) atoms. The Labute approximate surface area is 176 Å². The number of sulfonamides is 1. The summed E-state index contributed by atoms with van der Waals surface area (Å²) in [5.74, 6) is -0.401. The van der Waals surface area contributed by atoms with Crippen molar-refractivity contribution in [1.29, 1.82) is 0 Å². The lowest BCUT2D eigenvalue weighted by molar-refractivity contribution is -0.126. The number of halogens is 1. The van der Waals surface area contributed by atoms with Gasteiger partial charge >= 0.3 is 0 Å². The zero-order valence-electron chi connectivity index (χ0n) is 16.0. The van der Waals surface area contributed by atoms with Crippen LogP contribution in [-0.2, 0) is 21.2 Å². The molecule has 1 amide bonds. The summed E-state index contributed by atoms with van der Waals surface area (Å²) >= 11 is 5.83. The predicted molar refractivity (Wildman–Crippen MR) is 114 cm³/mol. The van der Waals surface area contributed by atoms with E-state index in [9.17, 15) is 13.2 Å². The molecule has 0 spiro atoms. The monoisotopic (exact) mass is 433 g/mol. The zero-order valence-corrected chi connectivity index (χ0v) is 17.6. The van der Waals surface area contributed by atoms with E-state index < -0.39 is 10.0 Å². The lowest BCUT2D eigenvalue weighted by Crippen LogP contribution is -2.42. The number of benzene rings is 2. The Morgan fingerprint density at radius 1 is 1.10 bits per heavy atom. The molecule has 0 aliphatic carbocycles. The van der Waals surface area contributed by atoms with E-state index in [1.807, 2.05) is 18.2 Å². The van der Waals surface area contributed by atoms with Gasteiger partial charge in [0, 0.05) is 30.2 Å². The van der Waals surface area contributed by atoms with Crippen LogP contribution >= 0.6 is 11.6 Å². The van der Waals surface area contributed by atoms with Gasteiger partial charge in [-0.05, 0) is 55.5 Å². The predicted octanol–water partition coefficient (Wildman–Crippen LogP) is 3.48. The number of rotatable bonds is 7. The molecule has 1 aliphatic heterocycles. The Hall–Kier alpha value is -2.22. The Balaban J connectivity index is 1.44. The van der Waals surface area contributed by atoms with Gasteiger partial charge in [0.15, 0.2) is 0 Å². The Morgan fingerprint density at radius 2 is 1.76 bits per heavy atom. The fourth-order valence-corrected chi connectivity index (χ4v) is 4.85. The normalized spacial score (nSPS) is 16.2. The molecule has 1 aliphatic rings. The third kappa shape index (κ3) is 5.88. The van der Waals surface area contributed by atoms with E-state index in [0.717, 1.165) is 12.8 Å². The van der Waals surface area contributed by atoms with Gasteiger partial charge in [-0.15, -0.1) is 0 Å². The number of amides is 1. The number of aryl methyl sites for hydroxylation is 1. The summed E-state index contributed by atoms with van der Waals surface area (Å²) in [6.07, 6.45) is 4.24. The van der Waals surface area contributed by atoms with E-state index in [2.05, 4.69) is 22.7 Å². The average Bonchev–Trinajstić information content (AvgIpc) is 2.74. The molecule has 0 radical (unpaired) electrons. The maximum Gasteiger partial charge on any atom is 0.243 e. The molecular formula is C21H24ClN3O3S. The van der Waals surface area contributed by atoms with Crippen LogP contribution in [0.2, 0.25) is 5.02 Å². The minimum absolute atomic E-state index is 0.162. The van der Waals surface area contributed by atoms with Crippen LogP contribution in [0.25, 0.3) is 0 Å². The minimum atomic E-state index is -3.57. The second-order valence-corrected chi connectivity index (χ2v) is 9.32. The fraction of sp³-hybridized carbons (Fsp3) is 0.333. The van der Waals surface area contributed by atoms with Gasteiger partial charge < -0.3 is 0 Å². The van der Waals surface area contributed by atoms with Crippen LogP contribution < -0.4 is 5.43 Å². The van der Waals surface area contributed by atoms with Gasteiger partial charge in [-0.25, -0.2) is 13.8 Å². The van der Waals surface area contributed by atoms with Crippen LogP contribution in [0.4, 0.5) is 0 Å². The van der Waals surface area contributed by atoms with Gasteiger partial charge in [0.05, 0.1) is 4.90 Å². The Bertz CT molecular complexity index is 939. The van der Waals surface area contributed by atoms with E-state index in [4.69, 9.17) is 11.6 Å². The van der Waals surface area contributed by atoms with Crippen LogP contribution in [0.15, 0.2) is 64.6 Å². The summed E-state index contributed by atoms with van der Waals surface area (Å²) in [6.45, 7) is 0.613. The molecule has 6 nitrogen and oxygen atoms in total. The van der Waals surface area contributed by atoms with E-state index in [1.54, 1.807) is 18.3 Å². The molecule has 0 saturated carbocycles. The summed E-state index contributed by atoms with van der Waals surface area (Å²) < 4.78 is 26.8. The van der Waals surface area contributed by atoms with Crippen LogP contribution in [0.3, 0.4) is 0 Å². The third-order valence-corrected chi connectivity index (χ3v) is 7.11. The number of piperidine rings is 1. The van der Waals surface area contributed by atoms with Gasteiger partial charge in [-0.2, -0.15) is 9.41 Å². The van der Waals surface area contributed by atoms with Crippen molar-refractivity contribution in [3.05, 3.63) is 65.2 Å². The van der Waals surface area contributed by atoms with Crippen LogP contribution in [0, 0.1) is 5.92 Å². The van der Waals surface area contributed by atoms with E-state index in [0.29, 0.717) is 31.0 Å². The summed E-state index contributed by atoms with van der Waals surface area (Å²) in [6, 6.07) is 16.2. The molecule has 154 valence electrons. The largest absolute Gasteiger partial charge is 0.273 e. The maximum absolute atomic E-state index is 12.7. The molecule has 0 atom stereocenters. The first-order valence-corrected chi connectivity index (χ1v) is 11.4. The standard InChI is InChI=1S/C21H24ClN3O3S/c22-19-8-10-20(11-9-19)29(27,28)25-15-12-18(13-16-25)21(26)24-23-14-4-7-17-5-2-1-3-6-17/h1-3,5-6,8-11,14,18H,4,7,12-13,15-16H2,(H,24,26)/b23-14-. The van der Waals surface area contributed by atoms with Gasteiger partial charge in [0.2, 0.25) is 15.9 Å². The van der Waals surface area contributed by atoms with Crippen molar-refractivity contribution in [2.45, 2.75) is 30.6 Å². The number of hydrogen-bond acceptors (Lipinski definition) is 4. The highest BCUT2D eigenvalue weighted by molar-refractivity contribution is 7.89. The minimum Gasteiger partial charge on any atom is -0.273 e. The summed E-state index contributed by atoms with van der Waals surface area (Å²) in [5, 5.41) is 4.51. The lowest BCUT2D eigenvalue weighted by atomic mass is 9.98. The molecule has 1 saturated heterocycles. The van der Waals surface area contributed by atoms with Crippen molar-refractivity contribution in [1.82, 2.24) is 9.73 Å². The molecular weight excluding hydrogens is 410 g/mol. The fourth-order valence-electron chi connectivity index (χ4n) is 3.25. The van der Waals surface area contributed by atoms with Crippen LogP contribution in [0.1, 0.15) is 24.8 Å². The number of carbonyl (C=O) groups is 1. The number of hydrazone groups is 1. The lowest BCUT2D eigenvalue weighted by Gasteiger charge is -2.30. The molecule has 2 aromatic rings. The third-order valence-electron chi connectivity index (χ3n) is 4.95. The van der Waals surface area contributed by atoms with E-state index >= 15 is 0 Å². The second-order valence-electron chi connectivity index (χ2n) is 6.94.